The SMILES string of the molecule is COc1ncnc(N(Cc2cccs2)C2CC2)c1N. The number of hydrogen-bond acceptors (Lipinski definition) is 6. The van der Waals surface area contributed by atoms with Crippen LogP contribution in [-0.4, -0.2) is 23.1 Å². The normalized spacial score (nSPS) is 14.4. The van der Waals surface area contributed by atoms with Crippen molar-refractivity contribution in [2.45, 2.75) is 25.4 Å². The Morgan fingerprint density at radius 3 is 2.95 bits per heavy atom. The van der Waals surface area contributed by atoms with Crippen molar-refractivity contribution in [2.75, 3.05) is 17.7 Å². The van der Waals surface area contributed by atoms with Crippen LogP contribution < -0.4 is 15.4 Å². The number of anilines is 2. The summed E-state index contributed by atoms with van der Waals surface area (Å²) in [6.45, 7) is 0.840. The van der Waals surface area contributed by atoms with Gasteiger partial charge in [-0.2, -0.15) is 4.98 Å². The zero-order chi connectivity index (χ0) is 13.2. The number of ether oxygens (including phenoxy) is 1. The third-order valence-corrected chi connectivity index (χ3v) is 4.05. The lowest BCUT2D eigenvalue weighted by atomic mass is 10.3. The summed E-state index contributed by atoms with van der Waals surface area (Å²) in [7, 11) is 1.57. The highest BCUT2D eigenvalue weighted by atomic mass is 32.1. The van der Waals surface area contributed by atoms with Crippen molar-refractivity contribution in [3.8, 4) is 5.88 Å². The van der Waals surface area contributed by atoms with E-state index in [0.717, 1.165) is 12.4 Å². The number of nitrogens with zero attached hydrogens (tertiary/aromatic N) is 3. The van der Waals surface area contributed by atoms with E-state index < -0.39 is 0 Å². The molecule has 0 saturated heterocycles. The predicted octanol–water partition coefficient (Wildman–Crippen LogP) is 2.30. The Labute approximate surface area is 116 Å². The number of aromatic nitrogens is 2. The van der Waals surface area contributed by atoms with Gasteiger partial charge >= 0.3 is 0 Å². The highest BCUT2D eigenvalue weighted by Crippen LogP contribution is 2.37. The van der Waals surface area contributed by atoms with Crippen molar-refractivity contribution >= 4 is 22.8 Å². The number of hydrogen-bond donors (Lipinski definition) is 1. The third-order valence-electron chi connectivity index (χ3n) is 3.19. The van der Waals surface area contributed by atoms with Gasteiger partial charge in [-0.05, 0) is 24.3 Å². The van der Waals surface area contributed by atoms with Crippen LogP contribution in [0.3, 0.4) is 0 Å². The minimum atomic E-state index is 0.446. The molecule has 0 amide bonds. The van der Waals surface area contributed by atoms with E-state index in [4.69, 9.17) is 10.5 Å². The fourth-order valence-corrected chi connectivity index (χ4v) is 2.80. The van der Waals surface area contributed by atoms with E-state index in [1.165, 1.54) is 24.0 Å². The molecule has 1 saturated carbocycles. The molecule has 19 heavy (non-hydrogen) atoms. The van der Waals surface area contributed by atoms with Gasteiger partial charge in [-0.25, -0.2) is 4.98 Å². The molecule has 2 N–H and O–H groups in total. The van der Waals surface area contributed by atoms with Gasteiger partial charge < -0.3 is 15.4 Å². The molecule has 6 heteroatoms. The van der Waals surface area contributed by atoms with Crippen LogP contribution in [0.25, 0.3) is 0 Å². The molecular formula is C13H16N4OS. The van der Waals surface area contributed by atoms with E-state index in [0.29, 0.717) is 17.6 Å². The Bertz CT molecular complexity index is 554. The number of rotatable bonds is 5. The van der Waals surface area contributed by atoms with Crippen LogP contribution in [0.5, 0.6) is 5.88 Å². The molecule has 0 radical (unpaired) electrons. The quantitative estimate of drug-likeness (QED) is 0.907. The fraction of sp³-hybridized carbons (Fsp3) is 0.385. The second kappa shape index (κ2) is 5.05. The molecule has 3 rings (SSSR count). The van der Waals surface area contributed by atoms with Crippen molar-refractivity contribution in [1.82, 2.24) is 9.97 Å². The van der Waals surface area contributed by atoms with E-state index in [-0.39, 0.29) is 0 Å². The second-order valence-corrected chi connectivity index (χ2v) is 5.59. The van der Waals surface area contributed by atoms with Crippen LogP contribution in [0.1, 0.15) is 17.7 Å². The molecule has 1 aliphatic rings. The minimum absolute atomic E-state index is 0.446. The van der Waals surface area contributed by atoms with Gasteiger partial charge in [-0.1, -0.05) is 6.07 Å². The minimum Gasteiger partial charge on any atom is -0.479 e. The third kappa shape index (κ3) is 2.49. The van der Waals surface area contributed by atoms with Gasteiger partial charge in [0, 0.05) is 10.9 Å². The largest absolute Gasteiger partial charge is 0.479 e. The lowest BCUT2D eigenvalue weighted by molar-refractivity contribution is 0.399. The van der Waals surface area contributed by atoms with E-state index in [2.05, 4.69) is 32.4 Å². The standard InChI is InChI=1S/C13H16N4OS/c1-18-13-11(14)12(15-8-16-13)17(9-4-5-9)7-10-3-2-6-19-10/h2-3,6,8-9H,4-5,7,14H2,1H3. The Hall–Kier alpha value is -1.82. The molecule has 2 heterocycles. The van der Waals surface area contributed by atoms with Crippen LogP contribution in [0.4, 0.5) is 11.5 Å². The zero-order valence-electron chi connectivity index (χ0n) is 10.7. The fourth-order valence-electron chi connectivity index (χ4n) is 2.10. The van der Waals surface area contributed by atoms with Crippen LogP contribution in [0, 0.1) is 0 Å². The topological polar surface area (TPSA) is 64.3 Å². The molecule has 0 aromatic carbocycles. The van der Waals surface area contributed by atoms with Gasteiger partial charge in [0.2, 0.25) is 5.88 Å². The summed E-state index contributed by atoms with van der Waals surface area (Å²) >= 11 is 1.75. The zero-order valence-corrected chi connectivity index (χ0v) is 11.6. The van der Waals surface area contributed by atoms with E-state index >= 15 is 0 Å². The summed E-state index contributed by atoms with van der Waals surface area (Å²) in [6.07, 6.45) is 3.89. The van der Waals surface area contributed by atoms with Crippen molar-refractivity contribution < 1.29 is 4.74 Å². The Balaban J connectivity index is 1.92. The summed E-state index contributed by atoms with van der Waals surface area (Å²) in [5.41, 5.74) is 6.62. The van der Waals surface area contributed by atoms with Crippen LogP contribution in [0.2, 0.25) is 0 Å². The van der Waals surface area contributed by atoms with Crippen LogP contribution in [0.15, 0.2) is 23.8 Å². The number of nitrogens with two attached hydrogens (primary N) is 1. The maximum absolute atomic E-state index is 6.10. The van der Waals surface area contributed by atoms with Gasteiger partial charge in [0.15, 0.2) is 5.82 Å². The summed E-state index contributed by atoms with van der Waals surface area (Å²) in [5.74, 6) is 1.23. The number of thiophene rings is 1. The summed E-state index contributed by atoms with van der Waals surface area (Å²) < 4.78 is 5.17. The molecule has 0 spiro atoms. The lowest BCUT2D eigenvalue weighted by Gasteiger charge is -2.24. The first-order valence-corrected chi connectivity index (χ1v) is 7.11. The first kappa shape index (κ1) is 12.2. The van der Waals surface area contributed by atoms with Gasteiger partial charge in [-0.3, -0.25) is 0 Å². The summed E-state index contributed by atoms with van der Waals surface area (Å²) in [4.78, 5) is 11.9. The maximum Gasteiger partial charge on any atom is 0.242 e. The van der Waals surface area contributed by atoms with Gasteiger partial charge in [0.25, 0.3) is 0 Å². The molecule has 0 unspecified atom stereocenters. The van der Waals surface area contributed by atoms with Crippen molar-refractivity contribution in [2.24, 2.45) is 0 Å². The highest BCUT2D eigenvalue weighted by Gasteiger charge is 2.32. The first-order chi connectivity index (χ1) is 9.29. The van der Waals surface area contributed by atoms with Crippen LogP contribution in [-0.2, 0) is 6.54 Å². The Morgan fingerprint density at radius 1 is 1.47 bits per heavy atom. The molecule has 100 valence electrons. The van der Waals surface area contributed by atoms with Crippen molar-refractivity contribution in [1.29, 1.82) is 0 Å². The lowest BCUT2D eigenvalue weighted by Crippen LogP contribution is -2.26. The van der Waals surface area contributed by atoms with E-state index in [9.17, 15) is 0 Å². The maximum atomic E-state index is 6.10. The summed E-state index contributed by atoms with van der Waals surface area (Å²) in [5, 5.41) is 2.09. The first-order valence-electron chi connectivity index (χ1n) is 6.23. The molecule has 1 fully saturated rings. The Morgan fingerprint density at radius 2 is 2.32 bits per heavy atom. The average Bonchev–Trinajstić information content (AvgIpc) is 3.14. The van der Waals surface area contributed by atoms with Gasteiger partial charge in [0.05, 0.1) is 13.7 Å². The molecule has 1 aliphatic carbocycles. The molecular weight excluding hydrogens is 260 g/mol. The van der Waals surface area contributed by atoms with Gasteiger partial charge in [0.1, 0.15) is 12.0 Å². The smallest absolute Gasteiger partial charge is 0.242 e. The molecule has 0 bridgehead atoms. The summed E-state index contributed by atoms with van der Waals surface area (Å²) in [6, 6.07) is 4.73. The second-order valence-electron chi connectivity index (χ2n) is 4.56. The molecule has 0 aliphatic heterocycles. The predicted molar refractivity (Wildman–Crippen MR) is 76.5 cm³/mol. The average molecular weight is 276 g/mol. The monoisotopic (exact) mass is 276 g/mol. The molecule has 0 atom stereocenters. The number of nitrogen functional groups attached to an aromatic ring is 1. The number of methoxy groups -OCH3 is 1. The molecule has 2 aromatic heterocycles. The Kier molecular flexibility index (Phi) is 3.25. The van der Waals surface area contributed by atoms with Crippen molar-refractivity contribution in [3.63, 3.8) is 0 Å². The van der Waals surface area contributed by atoms with Crippen LogP contribution >= 0.6 is 11.3 Å². The molecule has 2 aromatic rings. The van der Waals surface area contributed by atoms with E-state index in [1.807, 2.05) is 0 Å². The van der Waals surface area contributed by atoms with Gasteiger partial charge in [-0.15, -0.1) is 11.3 Å². The highest BCUT2D eigenvalue weighted by molar-refractivity contribution is 7.09. The van der Waals surface area contributed by atoms with E-state index in [1.54, 1.807) is 18.4 Å². The molecule has 5 nitrogen and oxygen atoms in total. The van der Waals surface area contributed by atoms with Crippen molar-refractivity contribution in [3.05, 3.63) is 28.7 Å².